The zero-order valence-corrected chi connectivity index (χ0v) is 25.8. The zero-order chi connectivity index (χ0) is 33.6. The van der Waals surface area contributed by atoms with Crippen LogP contribution in [0.25, 0.3) is 6.08 Å². The van der Waals surface area contributed by atoms with Gasteiger partial charge in [-0.1, -0.05) is 31.4 Å². The van der Waals surface area contributed by atoms with E-state index in [2.05, 4.69) is 0 Å². The van der Waals surface area contributed by atoms with Gasteiger partial charge in [0.1, 0.15) is 5.75 Å². The first kappa shape index (κ1) is 36.6. The van der Waals surface area contributed by atoms with E-state index in [1.165, 1.54) is 18.2 Å². The average Bonchev–Trinajstić information content (AvgIpc) is 3.00. The van der Waals surface area contributed by atoms with Crippen molar-refractivity contribution in [1.82, 2.24) is 0 Å². The van der Waals surface area contributed by atoms with Crippen molar-refractivity contribution in [2.75, 3.05) is 31.3 Å². The molecule has 0 saturated heterocycles. The lowest BCUT2D eigenvalue weighted by molar-refractivity contribution is -0.284. The number of ether oxygens (including phenoxy) is 3. The van der Waals surface area contributed by atoms with E-state index in [0.717, 1.165) is 44.1 Å². The summed E-state index contributed by atoms with van der Waals surface area (Å²) in [6.45, 7) is 1.06. The Labute approximate surface area is 266 Å². The molecule has 4 N–H and O–H groups in total. The van der Waals surface area contributed by atoms with Gasteiger partial charge in [-0.25, -0.2) is 9.59 Å². The van der Waals surface area contributed by atoms with Gasteiger partial charge in [0.25, 0.3) is 0 Å². The van der Waals surface area contributed by atoms with Crippen LogP contribution in [-0.4, -0.2) is 43.9 Å². The quantitative estimate of drug-likeness (QED) is 0.0579. The fourth-order valence-corrected chi connectivity index (χ4v) is 5.32. The summed E-state index contributed by atoms with van der Waals surface area (Å²) in [6.07, 6.45) is 2.91. The molecule has 254 valence electrons. The summed E-state index contributed by atoms with van der Waals surface area (Å²) in [5.74, 6) is -4.38. The van der Waals surface area contributed by atoms with E-state index >= 15 is 0 Å². The SMILES string of the molecule is Nc1cc(N)cc(C(=O)OCCCCCCOC(=O)C=Cc2ccc(OCC3CCC(CCCC(F)(F)C(F)(F)F)CC3)cc2)c1. The summed E-state index contributed by atoms with van der Waals surface area (Å²) in [4.78, 5) is 24.1. The number of nitrogens with two attached hydrogens (primary N) is 2. The van der Waals surface area contributed by atoms with E-state index in [1.807, 2.05) is 12.1 Å². The molecular weight excluding hydrogens is 611 g/mol. The smallest absolute Gasteiger partial charge is 0.453 e. The number of unbranched alkanes of at least 4 members (excludes halogenated alkanes) is 3. The van der Waals surface area contributed by atoms with E-state index in [0.29, 0.717) is 54.5 Å². The molecule has 3 rings (SSSR count). The molecule has 0 aliphatic heterocycles. The normalized spacial score (nSPS) is 17.2. The summed E-state index contributed by atoms with van der Waals surface area (Å²) < 4.78 is 79.5. The number of halogens is 5. The second kappa shape index (κ2) is 17.8. The first-order valence-electron chi connectivity index (χ1n) is 15.7. The highest BCUT2D eigenvalue weighted by Gasteiger charge is 2.56. The van der Waals surface area contributed by atoms with Gasteiger partial charge in [-0.05, 0) is 98.8 Å². The highest BCUT2D eigenvalue weighted by molar-refractivity contribution is 5.91. The molecule has 1 fully saturated rings. The average molecular weight is 655 g/mol. The lowest BCUT2D eigenvalue weighted by Crippen LogP contribution is -2.36. The van der Waals surface area contributed by atoms with E-state index < -0.39 is 30.5 Å². The molecule has 1 saturated carbocycles. The van der Waals surface area contributed by atoms with E-state index in [-0.39, 0.29) is 25.6 Å². The Morgan fingerprint density at radius 2 is 1.37 bits per heavy atom. The minimum Gasteiger partial charge on any atom is -0.493 e. The van der Waals surface area contributed by atoms with Crippen molar-refractivity contribution in [3.8, 4) is 5.75 Å². The van der Waals surface area contributed by atoms with Crippen molar-refractivity contribution in [2.45, 2.75) is 82.7 Å². The molecule has 0 atom stereocenters. The van der Waals surface area contributed by atoms with E-state index in [1.54, 1.807) is 24.3 Å². The molecule has 1 aliphatic carbocycles. The lowest BCUT2D eigenvalue weighted by atomic mass is 9.80. The van der Waals surface area contributed by atoms with Gasteiger partial charge in [-0.2, -0.15) is 22.0 Å². The Balaban J connectivity index is 1.21. The maximum Gasteiger partial charge on any atom is 0.453 e. The molecular formula is C34H43F5N2O5. The van der Waals surface area contributed by atoms with Crippen molar-refractivity contribution in [3.63, 3.8) is 0 Å². The Morgan fingerprint density at radius 1 is 0.783 bits per heavy atom. The third-order valence-electron chi connectivity index (χ3n) is 7.99. The highest BCUT2D eigenvalue weighted by Crippen LogP contribution is 2.40. The fourth-order valence-electron chi connectivity index (χ4n) is 5.32. The molecule has 7 nitrogen and oxygen atoms in total. The van der Waals surface area contributed by atoms with Gasteiger partial charge in [0.2, 0.25) is 0 Å². The molecule has 12 heteroatoms. The minimum atomic E-state index is -5.48. The summed E-state index contributed by atoms with van der Waals surface area (Å²) in [7, 11) is 0. The van der Waals surface area contributed by atoms with Crippen molar-refractivity contribution in [2.24, 2.45) is 11.8 Å². The lowest BCUT2D eigenvalue weighted by Gasteiger charge is -2.29. The number of benzene rings is 2. The van der Waals surface area contributed by atoms with Crippen molar-refractivity contribution in [3.05, 3.63) is 59.7 Å². The van der Waals surface area contributed by atoms with Crippen molar-refractivity contribution >= 4 is 29.4 Å². The Morgan fingerprint density at radius 3 is 1.98 bits per heavy atom. The number of nitrogen functional groups attached to an aromatic ring is 2. The minimum absolute atomic E-state index is 0.136. The predicted octanol–water partition coefficient (Wildman–Crippen LogP) is 8.38. The van der Waals surface area contributed by atoms with Gasteiger partial charge in [-0.15, -0.1) is 0 Å². The van der Waals surface area contributed by atoms with Gasteiger partial charge >= 0.3 is 24.0 Å². The van der Waals surface area contributed by atoms with E-state index in [9.17, 15) is 31.5 Å². The van der Waals surface area contributed by atoms with Crippen LogP contribution < -0.4 is 16.2 Å². The van der Waals surface area contributed by atoms with Crippen LogP contribution in [0.5, 0.6) is 5.75 Å². The first-order valence-corrected chi connectivity index (χ1v) is 15.7. The molecule has 0 unspecified atom stereocenters. The van der Waals surface area contributed by atoms with Gasteiger partial charge < -0.3 is 25.7 Å². The van der Waals surface area contributed by atoms with Crippen molar-refractivity contribution < 1.29 is 45.8 Å². The van der Waals surface area contributed by atoms with Crippen LogP contribution in [0.4, 0.5) is 33.3 Å². The summed E-state index contributed by atoms with van der Waals surface area (Å²) in [5.41, 5.74) is 13.3. The Hall–Kier alpha value is -3.83. The van der Waals surface area contributed by atoms with Crippen molar-refractivity contribution in [1.29, 1.82) is 0 Å². The summed E-state index contributed by atoms with van der Waals surface area (Å²) in [6, 6.07) is 11.8. The molecule has 0 radical (unpaired) electrons. The van der Waals surface area contributed by atoms with Gasteiger partial charge in [0.05, 0.1) is 25.4 Å². The number of esters is 2. The van der Waals surface area contributed by atoms with Gasteiger partial charge in [-0.3, -0.25) is 0 Å². The number of rotatable bonds is 17. The Bertz CT molecular complexity index is 1260. The maximum atomic E-state index is 13.1. The number of hydrogen-bond acceptors (Lipinski definition) is 7. The van der Waals surface area contributed by atoms with Gasteiger partial charge in [0, 0.05) is 23.9 Å². The number of carbonyl (C=O) groups is 2. The molecule has 1 aliphatic rings. The molecule has 2 aromatic rings. The standard InChI is InChI=1S/C34H43F5N2O5/c35-33(36,34(37,38)39)17-5-6-24-7-9-26(10-8-24)23-46-30-14-11-25(12-15-30)13-16-31(42)44-18-3-1-2-4-19-45-32(43)27-20-28(40)22-29(41)21-27/h11-16,20-22,24,26H,1-10,17-19,23,40-41H2. The zero-order valence-electron chi connectivity index (χ0n) is 25.8. The second-order valence-corrected chi connectivity index (χ2v) is 11.8. The maximum absolute atomic E-state index is 13.1. The largest absolute Gasteiger partial charge is 0.493 e. The molecule has 0 amide bonds. The highest BCUT2D eigenvalue weighted by atomic mass is 19.4. The molecule has 0 aromatic heterocycles. The number of carbonyl (C=O) groups excluding carboxylic acids is 2. The third-order valence-corrected chi connectivity index (χ3v) is 7.99. The molecule has 0 bridgehead atoms. The number of anilines is 2. The van der Waals surface area contributed by atoms with Gasteiger partial charge in [0.15, 0.2) is 0 Å². The van der Waals surface area contributed by atoms with Crippen LogP contribution in [0.15, 0.2) is 48.5 Å². The molecule has 2 aromatic carbocycles. The third kappa shape index (κ3) is 12.9. The molecule has 0 spiro atoms. The second-order valence-electron chi connectivity index (χ2n) is 11.8. The van der Waals surface area contributed by atoms with Crippen LogP contribution >= 0.6 is 0 Å². The van der Waals surface area contributed by atoms with Crippen LogP contribution in [0, 0.1) is 11.8 Å². The first-order chi connectivity index (χ1) is 21.8. The van der Waals surface area contributed by atoms with Crippen LogP contribution in [0.1, 0.15) is 86.6 Å². The molecule has 0 heterocycles. The Kier molecular flexibility index (Phi) is 14.1. The summed E-state index contributed by atoms with van der Waals surface area (Å²) in [5, 5.41) is 0. The van der Waals surface area contributed by atoms with Crippen LogP contribution in [0.2, 0.25) is 0 Å². The molecule has 46 heavy (non-hydrogen) atoms. The predicted molar refractivity (Wildman–Crippen MR) is 166 cm³/mol. The number of hydrogen-bond donors (Lipinski definition) is 2. The fraction of sp³-hybridized carbons (Fsp3) is 0.529. The van der Waals surface area contributed by atoms with E-state index in [4.69, 9.17) is 25.7 Å². The summed E-state index contributed by atoms with van der Waals surface area (Å²) >= 11 is 0. The monoisotopic (exact) mass is 654 g/mol. The number of alkyl halides is 5. The van der Waals surface area contributed by atoms with Crippen LogP contribution in [0.3, 0.4) is 0 Å². The topological polar surface area (TPSA) is 114 Å². The van der Waals surface area contributed by atoms with Crippen LogP contribution in [-0.2, 0) is 14.3 Å².